The standard InChI is InChI=1S/C27H64O3Si4/c1-18-24(7,29-34(16,17)25(8,19-2)30-33(13,14)15)26(20-3,21-4)31(9)28-27(22-5,23-6)32(10,11)12/h31H,18-23H2,1-17H3/t24-,25?,31?/m0/s1. The van der Waals surface area contributed by atoms with Crippen molar-refractivity contribution in [1.29, 1.82) is 0 Å². The Kier molecular flexibility index (Phi) is 12.3. The van der Waals surface area contributed by atoms with Gasteiger partial charge in [-0.1, -0.05) is 61.2 Å². The van der Waals surface area contributed by atoms with Crippen LogP contribution in [0.3, 0.4) is 0 Å². The van der Waals surface area contributed by atoms with E-state index in [-0.39, 0.29) is 21.1 Å². The van der Waals surface area contributed by atoms with E-state index < -0.39 is 33.7 Å². The zero-order valence-electron chi connectivity index (χ0n) is 26.5. The van der Waals surface area contributed by atoms with Gasteiger partial charge in [-0.2, -0.15) is 0 Å². The molecule has 7 heteroatoms. The minimum atomic E-state index is -2.24. The lowest BCUT2D eigenvalue weighted by molar-refractivity contribution is -0.0167. The van der Waals surface area contributed by atoms with Crippen LogP contribution in [0.15, 0.2) is 0 Å². The van der Waals surface area contributed by atoms with E-state index in [0.29, 0.717) is 0 Å². The van der Waals surface area contributed by atoms with E-state index in [1.807, 2.05) is 0 Å². The van der Waals surface area contributed by atoms with Gasteiger partial charge in [-0.3, -0.25) is 0 Å². The van der Waals surface area contributed by atoms with Crippen molar-refractivity contribution in [3.05, 3.63) is 0 Å². The van der Waals surface area contributed by atoms with Crippen LogP contribution in [0, 0.1) is 0 Å². The van der Waals surface area contributed by atoms with Crippen LogP contribution in [0.5, 0.6) is 0 Å². The fourth-order valence-corrected chi connectivity index (χ4v) is 20.2. The van der Waals surface area contributed by atoms with Gasteiger partial charge >= 0.3 is 0 Å². The normalized spacial score (nSPS) is 19.0. The van der Waals surface area contributed by atoms with E-state index in [2.05, 4.69) is 114 Å². The molecule has 0 aromatic rings. The third-order valence-corrected chi connectivity index (χ3v) is 22.5. The molecule has 0 aromatic carbocycles. The van der Waals surface area contributed by atoms with Crippen LogP contribution < -0.4 is 0 Å². The first-order valence-electron chi connectivity index (χ1n) is 14.2. The monoisotopic (exact) mass is 548 g/mol. The summed E-state index contributed by atoms with van der Waals surface area (Å²) >= 11 is 0. The van der Waals surface area contributed by atoms with Gasteiger partial charge in [0.15, 0.2) is 17.4 Å². The summed E-state index contributed by atoms with van der Waals surface area (Å²) in [6.07, 6.45) is 6.45. The molecule has 0 N–H and O–H groups in total. The first kappa shape index (κ1) is 34.7. The Morgan fingerprint density at radius 2 is 1.06 bits per heavy atom. The maximum absolute atomic E-state index is 7.51. The molecule has 3 nitrogen and oxygen atoms in total. The Balaban J connectivity index is 6.57. The highest BCUT2D eigenvalue weighted by atomic mass is 28.4. The van der Waals surface area contributed by atoms with E-state index in [0.717, 1.165) is 38.5 Å². The van der Waals surface area contributed by atoms with Gasteiger partial charge in [0.25, 0.3) is 0 Å². The van der Waals surface area contributed by atoms with Crippen LogP contribution in [0.4, 0.5) is 0 Å². The van der Waals surface area contributed by atoms with Gasteiger partial charge in [-0.15, -0.1) is 0 Å². The Labute approximate surface area is 220 Å². The molecule has 0 aliphatic heterocycles. The number of hydrogen-bond donors (Lipinski definition) is 0. The quantitative estimate of drug-likeness (QED) is 0.180. The molecule has 0 bridgehead atoms. The summed E-state index contributed by atoms with van der Waals surface area (Å²) in [5.74, 6) is 0. The minimum Gasteiger partial charge on any atom is -0.417 e. The smallest absolute Gasteiger partial charge is 0.217 e. The molecule has 0 spiro atoms. The lowest BCUT2D eigenvalue weighted by atomic mass is 9.81. The third-order valence-electron chi connectivity index (χ3n) is 9.64. The molecule has 0 saturated carbocycles. The van der Waals surface area contributed by atoms with E-state index in [1.54, 1.807) is 0 Å². The molecule has 0 radical (unpaired) electrons. The van der Waals surface area contributed by atoms with Crippen molar-refractivity contribution in [2.45, 2.75) is 174 Å². The average molecular weight is 549 g/mol. The zero-order chi connectivity index (χ0) is 27.4. The van der Waals surface area contributed by atoms with Gasteiger partial charge in [0.1, 0.15) is 0 Å². The Bertz CT molecular complexity index is 618. The molecule has 0 aliphatic carbocycles. The highest BCUT2D eigenvalue weighted by Gasteiger charge is 2.58. The maximum Gasteiger partial charge on any atom is 0.217 e. The second-order valence-electron chi connectivity index (χ2n) is 13.6. The fourth-order valence-electron chi connectivity index (χ4n) is 6.60. The van der Waals surface area contributed by atoms with Crippen molar-refractivity contribution >= 4 is 33.7 Å². The van der Waals surface area contributed by atoms with Gasteiger partial charge in [-0.25, -0.2) is 0 Å². The second-order valence-corrected chi connectivity index (χ2v) is 30.3. The molecular formula is C27H64O3Si4. The zero-order valence-corrected chi connectivity index (χ0v) is 30.7. The van der Waals surface area contributed by atoms with Crippen molar-refractivity contribution in [2.75, 3.05) is 0 Å². The largest absolute Gasteiger partial charge is 0.417 e. The van der Waals surface area contributed by atoms with Crippen molar-refractivity contribution < 1.29 is 13.3 Å². The molecule has 0 aromatic heterocycles. The van der Waals surface area contributed by atoms with Crippen LogP contribution in [0.2, 0.25) is 64.0 Å². The van der Waals surface area contributed by atoms with Gasteiger partial charge in [-0.05, 0) is 91.7 Å². The molecular weight excluding hydrogens is 485 g/mol. The minimum absolute atomic E-state index is 0.0503. The van der Waals surface area contributed by atoms with Crippen molar-refractivity contribution in [3.63, 3.8) is 0 Å². The van der Waals surface area contributed by atoms with Crippen LogP contribution in [-0.2, 0) is 13.3 Å². The van der Waals surface area contributed by atoms with E-state index in [4.69, 9.17) is 13.3 Å². The molecule has 3 atom stereocenters. The lowest BCUT2D eigenvalue weighted by Crippen LogP contribution is -2.66. The Morgan fingerprint density at radius 1 is 0.618 bits per heavy atom. The predicted octanol–water partition coefficient (Wildman–Crippen LogP) is 9.30. The Morgan fingerprint density at radius 3 is 1.32 bits per heavy atom. The van der Waals surface area contributed by atoms with Crippen LogP contribution in [0.25, 0.3) is 0 Å². The molecule has 0 amide bonds. The molecule has 0 saturated heterocycles. The first-order chi connectivity index (χ1) is 15.2. The second kappa shape index (κ2) is 12.1. The van der Waals surface area contributed by atoms with Crippen LogP contribution in [0.1, 0.15) is 93.9 Å². The third kappa shape index (κ3) is 6.98. The Hall–Kier alpha value is 0.748. The molecule has 0 fully saturated rings. The summed E-state index contributed by atoms with van der Waals surface area (Å²) in [5, 5.41) is -0.0640. The fraction of sp³-hybridized carbons (Fsp3) is 1.00. The maximum atomic E-state index is 7.51. The summed E-state index contributed by atoms with van der Waals surface area (Å²) in [6.45, 7) is 40.5. The molecule has 206 valence electrons. The van der Waals surface area contributed by atoms with E-state index in [9.17, 15) is 0 Å². The highest BCUT2D eigenvalue weighted by Crippen LogP contribution is 2.55. The van der Waals surface area contributed by atoms with Gasteiger partial charge < -0.3 is 13.3 Å². The van der Waals surface area contributed by atoms with Crippen molar-refractivity contribution in [3.8, 4) is 0 Å². The molecule has 0 heterocycles. The molecule has 34 heavy (non-hydrogen) atoms. The molecule has 0 aliphatic rings. The molecule has 2 unspecified atom stereocenters. The van der Waals surface area contributed by atoms with Gasteiger partial charge in [0, 0.05) is 10.3 Å². The summed E-state index contributed by atoms with van der Waals surface area (Å²) in [4.78, 5) is 0. The first-order valence-corrected chi connectivity index (χ1v) is 26.3. The van der Waals surface area contributed by atoms with Crippen molar-refractivity contribution in [1.82, 2.24) is 0 Å². The topological polar surface area (TPSA) is 27.7 Å². The lowest BCUT2D eigenvalue weighted by Gasteiger charge is -2.58. The van der Waals surface area contributed by atoms with Gasteiger partial charge in [0.2, 0.25) is 8.32 Å². The van der Waals surface area contributed by atoms with Crippen LogP contribution >= 0.6 is 0 Å². The number of hydrogen-bond acceptors (Lipinski definition) is 3. The predicted molar refractivity (Wildman–Crippen MR) is 164 cm³/mol. The summed E-state index contributed by atoms with van der Waals surface area (Å²) in [5.41, 5.74) is -0.218. The van der Waals surface area contributed by atoms with E-state index in [1.165, 1.54) is 0 Å². The summed E-state index contributed by atoms with van der Waals surface area (Å²) in [6, 6.07) is 0. The molecule has 0 rings (SSSR count). The van der Waals surface area contributed by atoms with Crippen molar-refractivity contribution in [2.24, 2.45) is 0 Å². The number of rotatable bonds is 16. The van der Waals surface area contributed by atoms with Gasteiger partial charge in [0.05, 0.1) is 18.9 Å². The summed E-state index contributed by atoms with van der Waals surface area (Å²) < 4.78 is 21.8. The van der Waals surface area contributed by atoms with Crippen LogP contribution in [-0.4, -0.2) is 49.8 Å². The highest BCUT2D eigenvalue weighted by molar-refractivity contribution is 6.79. The SMILES string of the molecule is CCC(CC)([SiH](C)OC(CC)(CC)[Si](C)(C)C)[C@](C)(CC)O[Si](C)(C)C(C)(CC)O[Si](C)(C)C. The van der Waals surface area contributed by atoms with E-state index >= 15 is 0 Å². The average Bonchev–Trinajstić information content (AvgIpc) is 2.70. The summed E-state index contributed by atoms with van der Waals surface area (Å²) in [7, 11) is -7.12.